The second-order valence-electron chi connectivity index (χ2n) is 7.17. The quantitative estimate of drug-likeness (QED) is 0.447. The van der Waals surface area contributed by atoms with Crippen molar-refractivity contribution in [1.82, 2.24) is 14.1 Å². The number of sulfonamides is 1. The number of aromatic nitrogens is 2. The smallest absolute Gasteiger partial charge is 0.243 e. The number of halogens is 1. The van der Waals surface area contributed by atoms with Crippen molar-refractivity contribution >= 4 is 21.9 Å². The average Bonchev–Trinajstić information content (AvgIpc) is 2.92. The van der Waals surface area contributed by atoms with Crippen LogP contribution in [0.4, 0.5) is 10.1 Å². The molecule has 2 aromatic carbocycles. The fraction of sp³-hybridized carbons (Fsp3) is 0.273. The van der Waals surface area contributed by atoms with Crippen LogP contribution >= 0.6 is 0 Å². The van der Waals surface area contributed by atoms with Crippen LogP contribution in [-0.4, -0.2) is 41.8 Å². The fourth-order valence-electron chi connectivity index (χ4n) is 3.50. The summed E-state index contributed by atoms with van der Waals surface area (Å²) in [6, 6.07) is 10.9. The van der Waals surface area contributed by atoms with Crippen molar-refractivity contribution < 1.29 is 17.5 Å². The minimum absolute atomic E-state index is 0.173. The highest BCUT2D eigenvalue weighted by Crippen LogP contribution is 2.39. The zero-order chi connectivity index (χ0) is 22.2. The number of hydrogen-bond acceptors (Lipinski definition) is 5. The van der Waals surface area contributed by atoms with Crippen LogP contribution in [-0.2, 0) is 16.6 Å². The summed E-state index contributed by atoms with van der Waals surface area (Å²) in [6.07, 6.45) is 1.64. The number of aryl methyl sites for hydroxylation is 1. The van der Waals surface area contributed by atoms with Crippen molar-refractivity contribution in [3.8, 4) is 11.6 Å². The Bertz CT molecular complexity index is 1250. The normalized spacial score (nSPS) is 12.9. The van der Waals surface area contributed by atoms with Gasteiger partial charge in [0.2, 0.25) is 15.9 Å². The lowest BCUT2D eigenvalue weighted by Gasteiger charge is -2.19. The zero-order valence-corrected chi connectivity index (χ0v) is 18.4. The van der Waals surface area contributed by atoms with Gasteiger partial charge in [-0.05, 0) is 42.8 Å². The van der Waals surface area contributed by atoms with Gasteiger partial charge in [-0.15, -0.1) is 0 Å². The van der Waals surface area contributed by atoms with Crippen LogP contribution in [0, 0.1) is 12.7 Å². The van der Waals surface area contributed by atoms with Crippen molar-refractivity contribution in [2.24, 2.45) is 4.99 Å². The summed E-state index contributed by atoms with van der Waals surface area (Å²) in [7, 11) is -3.61. The molecule has 0 saturated carbocycles. The second-order valence-corrected chi connectivity index (χ2v) is 9.11. The van der Waals surface area contributed by atoms with Crippen molar-refractivity contribution in [3.63, 3.8) is 0 Å². The summed E-state index contributed by atoms with van der Waals surface area (Å²) in [5.41, 5.74) is 2.74. The van der Waals surface area contributed by atoms with E-state index in [1.807, 2.05) is 6.92 Å². The molecular formula is C22H23FN4O3S. The maximum atomic E-state index is 13.2. The Balaban J connectivity index is 1.70. The molecule has 0 atom stereocenters. The summed E-state index contributed by atoms with van der Waals surface area (Å²) in [6.45, 7) is 6.63. The molecule has 0 fully saturated rings. The third kappa shape index (κ3) is 3.98. The SMILES string of the molecule is CCN(CC)S(=O)(=O)c1ccc2c(c1)N=Cc1c(C)nn(Cc3ccc(F)cc3)c1O2. The molecule has 2 heterocycles. The largest absolute Gasteiger partial charge is 0.436 e. The average molecular weight is 443 g/mol. The summed E-state index contributed by atoms with van der Waals surface area (Å²) >= 11 is 0. The standard InChI is InChI=1S/C22H23FN4O3S/c1-4-26(5-2)31(28,29)18-10-11-21-20(12-18)24-13-19-15(3)25-27(22(19)30-21)14-16-6-8-17(23)9-7-16/h6-13H,4-5,14H2,1-3H3. The van der Waals surface area contributed by atoms with Crippen LogP contribution in [0.25, 0.3) is 0 Å². The maximum Gasteiger partial charge on any atom is 0.243 e. The van der Waals surface area contributed by atoms with E-state index in [9.17, 15) is 12.8 Å². The van der Waals surface area contributed by atoms with Crippen LogP contribution in [0.15, 0.2) is 52.4 Å². The Labute approximate surface area is 180 Å². The van der Waals surface area contributed by atoms with Gasteiger partial charge in [0.1, 0.15) is 11.5 Å². The molecule has 162 valence electrons. The predicted octanol–water partition coefficient (Wildman–Crippen LogP) is 4.27. The van der Waals surface area contributed by atoms with Gasteiger partial charge in [0.25, 0.3) is 0 Å². The number of benzene rings is 2. The first kappa shape index (κ1) is 21.2. The van der Waals surface area contributed by atoms with E-state index in [4.69, 9.17) is 4.74 Å². The number of ether oxygens (including phenoxy) is 1. The van der Waals surface area contributed by atoms with Gasteiger partial charge in [0.15, 0.2) is 5.75 Å². The molecule has 3 aromatic rings. The van der Waals surface area contributed by atoms with Gasteiger partial charge in [0.05, 0.1) is 22.7 Å². The lowest BCUT2D eigenvalue weighted by atomic mass is 10.2. The van der Waals surface area contributed by atoms with Gasteiger partial charge < -0.3 is 4.74 Å². The van der Waals surface area contributed by atoms with E-state index in [0.29, 0.717) is 42.5 Å². The molecule has 7 nitrogen and oxygen atoms in total. The molecule has 0 bridgehead atoms. The molecule has 1 aromatic heterocycles. The molecule has 1 aliphatic rings. The first-order valence-corrected chi connectivity index (χ1v) is 11.5. The molecule has 0 amide bonds. The van der Waals surface area contributed by atoms with Crippen molar-refractivity contribution in [2.45, 2.75) is 32.2 Å². The molecular weight excluding hydrogens is 419 g/mol. The molecule has 9 heteroatoms. The van der Waals surface area contributed by atoms with Crippen LogP contribution in [0.2, 0.25) is 0 Å². The lowest BCUT2D eigenvalue weighted by molar-refractivity contribution is 0.421. The highest BCUT2D eigenvalue weighted by Gasteiger charge is 2.25. The van der Waals surface area contributed by atoms with E-state index in [-0.39, 0.29) is 10.7 Å². The molecule has 0 aliphatic carbocycles. The van der Waals surface area contributed by atoms with Gasteiger partial charge in [0, 0.05) is 19.3 Å². The summed E-state index contributed by atoms with van der Waals surface area (Å²) in [5, 5.41) is 4.53. The number of aliphatic imine (C=N–C) groups is 1. The molecule has 0 saturated heterocycles. The fourth-order valence-corrected chi connectivity index (χ4v) is 4.97. The van der Waals surface area contributed by atoms with E-state index in [1.54, 1.807) is 42.9 Å². The first-order chi connectivity index (χ1) is 14.8. The van der Waals surface area contributed by atoms with E-state index in [0.717, 1.165) is 11.3 Å². The molecule has 4 rings (SSSR count). The Morgan fingerprint density at radius 2 is 1.81 bits per heavy atom. The number of hydrogen-bond donors (Lipinski definition) is 0. The van der Waals surface area contributed by atoms with Crippen LogP contribution in [0.3, 0.4) is 0 Å². The predicted molar refractivity (Wildman–Crippen MR) is 116 cm³/mol. The van der Waals surface area contributed by atoms with Crippen molar-refractivity contribution in [2.75, 3.05) is 13.1 Å². The van der Waals surface area contributed by atoms with Crippen LogP contribution in [0.5, 0.6) is 11.6 Å². The minimum Gasteiger partial charge on any atom is -0.436 e. The van der Waals surface area contributed by atoms with E-state index in [1.165, 1.54) is 28.6 Å². The van der Waals surface area contributed by atoms with Gasteiger partial charge in [-0.1, -0.05) is 26.0 Å². The Kier molecular flexibility index (Phi) is 5.63. The van der Waals surface area contributed by atoms with Crippen LogP contribution in [0.1, 0.15) is 30.7 Å². The Hall–Kier alpha value is -3.04. The van der Waals surface area contributed by atoms with E-state index < -0.39 is 10.0 Å². The Morgan fingerprint density at radius 3 is 2.48 bits per heavy atom. The van der Waals surface area contributed by atoms with Crippen LogP contribution < -0.4 is 4.74 Å². The molecule has 0 spiro atoms. The van der Waals surface area contributed by atoms with Crippen molar-refractivity contribution in [1.29, 1.82) is 0 Å². The van der Waals surface area contributed by atoms with Gasteiger partial charge >= 0.3 is 0 Å². The number of rotatable bonds is 6. The zero-order valence-electron chi connectivity index (χ0n) is 17.5. The van der Waals surface area contributed by atoms with Gasteiger partial charge in [-0.25, -0.2) is 17.5 Å². The number of fused-ring (bicyclic) bond motifs is 2. The topological polar surface area (TPSA) is 76.8 Å². The second kappa shape index (κ2) is 8.24. The summed E-state index contributed by atoms with van der Waals surface area (Å²) in [5.74, 6) is 0.643. The monoisotopic (exact) mass is 442 g/mol. The molecule has 0 radical (unpaired) electrons. The van der Waals surface area contributed by atoms with Crippen molar-refractivity contribution in [3.05, 3.63) is 65.1 Å². The van der Waals surface area contributed by atoms with Gasteiger partial charge in [-0.2, -0.15) is 9.40 Å². The molecule has 31 heavy (non-hydrogen) atoms. The highest BCUT2D eigenvalue weighted by atomic mass is 32.2. The maximum absolute atomic E-state index is 13.2. The van der Waals surface area contributed by atoms with E-state index >= 15 is 0 Å². The van der Waals surface area contributed by atoms with E-state index in [2.05, 4.69) is 10.1 Å². The molecule has 1 aliphatic heterocycles. The third-order valence-corrected chi connectivity index (χ3v) is 7.23. The third-order valence-electron chi connectivity index (χ3n) is 5.18. The molecule has 0 unspecified atom stereocenters. The van der Waals surface area contributed by atoms with Gasteiger partial charge in [-0.3, -0.25) is 4.99 Å². The Morgan fingerprint density at radius 1 is 1.10 bits per heavy atom. The first-order valence-electron chi connectivity index (χ1n) is 10.0. The summed E-state index contributed by atoms with van der Waals surface area (Å²) in [4.78, 5) is 4.64. The lowest BCUT2D eigenvalue weighted by Crippen LogP contribution is -2.30. The minimum atomic E-state index is -3.61. The summed E-state index contributed by atoms with van der Waals surface area (Å²) < 4.78 is 48.2. The molecule has 0 N–H and O–H groups in total. The highest BCUT2D eigenvalue weighted by molar-refractivity contribution is 7.89. The number of nitrogens with zero attached hydrogens (tertiary/aromatic N) is 4.